The maximum absolute atomic E-state index is 11.4. The first-order chi connectivity index (χ1) is 15.8. The van der Waals surface area contributed by atoms with E-state index in [1.54, 1.807) is 4.13 Å². The molecule has 0 unspecified atom stereocenters. The maximum Gasteiger partial charge on any atom is 0.480 e. The van der Waals surface area contributed by atoms with Gasteiger partial charge in [-0.1, -0.05) is 27.7 Å². The normalized spacial score (nSPS) is 12.3. The van der Waals surface area contributed by atoms with Crippen LogP contribution in [0, 0.1) is 11.8 Å². The van der Waals surface area contributed by atoms with Crippen LogP contribution >= 0.6 is 0 Å². The lowest BCUT2D eigenvalue weighted by molar-refractivity contribution is -0.697. The van der Waals surface area contributed by atoms with Gasteiger partial charge < -0.3 is 13.6 Å². The molecule has 1 rings (SSSR count). The summed E-state index contributed by atoms with van der Waals surface area (Å²) in [6, 6.07) is 0. The number of carbonyl (C=O) groups excluding carboxylic acids is 2. The first kappa shape index (κ1) is 32.8. The molecule has 0 aliphatic heterocycles. The Hall–Kier alpha value is -2.20. The number of imidazole rings is 1. The van der Waals surface area contributed by atoms with Gasteiger partial charge in [0.2, 0.25) is 6.33 Å². The molecular formula is C19H32F3N3O8S2. The van der Waals surface area contributed by atoms with E-state index in [1.165, 1.54) is 0 Å². The first-order valence-corrected chi connectivity index (χ1v) is 13.7. The topological polar surface area (TPSA) is 144 Å². The van der Waals surface area contributed by atoms with E-state index >= 15 is 0 Å². The molecule has 0 saturated heterocycles. The molecule has 0 aliphatic rings. The predicted molar refractivity (Wildman–Crippen MR) is 119 cm³/mol. The van der Waals surface area contributed by atoms with Crippen molar-refractivity contribution in [1.82, 2.24) is 4.57 Å². The second-order valence-electron chi connectivity index (χ2n) is 8.25. The van der Waals surface area contributed by atoms with Crippen molar-refractivity contribution in [2.24, 2.45) is 11.8 Å². The van der Waals surface area contributed by atoms with Crippen LogP contribution in [0.1, 0.15) is 40.5 Å². The highest BCUT2D eigenvalue weighted by atomic mass is 32.3. The highest BCUT2D eigenvalue weighted by Gasteiger charge is 2.40. The average molecular weight is 552 g/mol. The summed E-state index contributed by atoms with van der Waals surface area (Å²) >= 11 is 0. The average Bonchev–Trinajstić information content (AvgIpc) is 3.05. The van der Waals surface area contributed by atoms with E-state index < -0.39 is 25.6 Å². The van der Waals surface area contributed by atoms with Crippen LogP contribution in [0.4, 0.5) is 13.2 Å². The van der Waals surface area contributed by atoms with Gasteiger partial charge in [-0.3, -0.25) is 9.59 Å². The highest BCUT2D eigenvalue weighted by Crippen LogP contribution is 2.29. The molecule has 1 heterocycles. The predicted octanol–water partition coefficient (Wildman–Crippen LogP) is 2.12. The SMILES string of the molecule is CC(C)CC(=O)OCCn1cc[n+](CCOC(=O)CC(C)C)c1.CS(=O)(=O)[N-]S(=O)(=O)C(F)(F)F. The van der Waals surface area contributed by atoms with Gasteiger partial charge in [0.15, 0.2) is 10.0 Å². The summed E-state index contributed by atoms with van der Waals surface area (Å²) in [5.74, 6) is 0.318. The zero-order valence-corrected chi connectivity index (χ0v) is 21.8. The lowest BCUT2D eigenvalue weighted by Gasteiger charge is -2.19. The maximum atomic E-state index is 11.4. The van der Waals surface area contributed by atoms with Crippen LogP contribution in [0.2, 0.25) is 0 Å². The Labute approximate surface area is 203 Å². The molecule has 204 valence electrons. The van der Waals surface area contributed by atoms with E-state index in [9.17, 15) is 39.6 Å². The van der Waals surface area contributed by atoms with Crippen LogP contribution in [0.15, 0.2) is 18.7 Å². The number of esters is 2. The molecule has 1 aromatic rings. The minimum Gasteiger partial charge on any atom is -0.461 e. The zero-order chi connectivity index (χ0) is 27.4. The molecular weight excluding hydrogens is 519 g/mol. The molecule has 0 radical (unpaired) electrons. The summed E-state index contributed by atoms with van der Waals surface area (Å²) < 4.78 is 90.2. The fraction of sp³-hybridized carbons (Fsp3) is 0.737. The van der Waals surface area contributed by atoms with Gasteiger partial charge in [0.05, 0.1) is 10.0 Å². The number of alkyl halides is 3. The van der Waals surface area contributed by atoms with Gasteiger partial charge in [-0.2, -0.15) is 13.2 Å². The number of hydrogen-bond acceptors (Lipinski definition) is 8. The molecule has 0 aliphatic carbocycles. The van der Waals surface area contributed by atoms with Crippen molar-refractivity contribution in [1.29, 1.82) is 0 Å². The van der Waals surface area contributed by atoms with E-state index in [4.69, 9.17) is 9.47 Å². The second-order valence-corrected chi connectivity index (χ2v) is 11.7. The molecule has 0 bridgehead atoms. The van der Waals surface area contributed by atoms with Gasteiger partial charge in [0.1, 0.15) is 38.7 Å². The standard InChI is InChI=1S/C17H29N2O4.C2H3F3NO4S2/c1-14(2)11-16(20)22-9-7-18-5-6-19(13-18)8-10-23-17(21)12-15(3)4;1-11(7,8)6-12(9,10)2(3,4)5/h5-6,13-15H,7-12H2,1-4H3;1H3/q+1;-1. The molecule has 0 N–H and O–H groups in total. The number of sulfonamides is 2. The number of rotatable bonds is 12. The number of hydrogen-bond donors (Lipinski definition) is 0. The van der Waals surface area contributed by atoms with E-state index in [2.05, 4.69) is 0 Å². The number of halogens is 3. The van der Waals surface area contributed by atoms with Crippen molar-refractivity contribution in [3.8, 4) is 0 Å². The zero-order valence-electron chi connectivity index (χ0n) is 20.2. The third kappa shape index (κ3) is 16.2. The molecule has 0 fully saturated rings. The highest BCUT2D eigenvalue weighted by molar-refractivity contribution is 8.12. The fourth-order valence-electron chi connectivity index (χ4n) is 2.24. The monoisotopic (exact) mass is 551 g/mol. The summed E-state index contributed by atoms with van der Waals surface area (Å²) in [6.07, 6.45) is 6.88. The number of nitrogens with zero attached hydrogens (tertiary/aromatic N) is 3. The van der Waals surface area contributed by atoms with Crippen LogP contribution in [0.25, 0.3) is 4.13 Å². The molecule has 0 atom stereocenters. The molecule has 0 aromatic carbocycles. The van der Waals surface area contributed by atoms with Crippen LogP contribution in [0.5, 0.6) is 0 Å². The molecule has 16 heteroatoms. The van der Waals surface area contributed by atoms with Crippen LogP contribution in [-0.2, 0) is 52.2 Å². The van der Waals surface area contributed by atoms with Crippen molar-refractivity contribution >= 4 is 32.0 Å². The number of aromatic nitrogens is 2. The third-order valence-electron chi connectivity index (χ3n) is 3.65. The molecule has 0 amide bonds. The van der Waals surface area contributed by atoms with E-state index in [0.29, 0.717) is 51.0 Å². The summed E-state index contributed by atoms with van der Waals surface area (Å²) in [7, 11) is -10.5. The summed E-state index contributed by atoms with van der Waals surface area (Å²) in [6.45, 7) is 9.92. The Balaban J connectivity index is 0.000000814. The van der Waals surface area contributed by atoms with E-state index in [0.717, 1.165) is 0 Å². The Morgan fingerprint density at radius 3 is 1.86 bits per heavy atom. The minimum absolute atomic E-state index is 0.155. The van der Waals surface area contributed by atoms with Crippen LogP contribution in [-0.4, -0.2) is 58.3 Å². The van der Waals surface area contributed by atoms with Crippen molar-refractivity contribution < 1.29 is 53.6 Å². The number of ether oxygens (including phenoxy) is 2. The van der Waals surface area contributed by atoms with Crippen molar-refractivity contribution in [2.75, 3.05) is 19.5 Å². The summed E-state index contributed by atoms with van der Waals surface area (Å²) in [4.78, 5) is 22.9. The number of carbonyl (C=O) groups is 2. The third-order valence-corrected chi connectivity index (χ3v) is 6.10. The molecule has 0 saturated carbocycles. The minimum atomic E-state index is -5.92. The quantitative estimate of drug-likeness (QED) is 0.284. The molecule has 11 nitrogen and oxygen atoms in total. The summed E-state index contributed by atoms with van der Waals surface area (Å²) in [5.41, 5.74) is -5.67. The lowest BCUT2D eigenvalue weighted by atomic mass is 10.1. The van der Waals surface area contributed by atoms with Gasteiger partial charge in [0.25, 0.3) is 0 Å². The lowest BCUT2D eigenvalue weighted by Crippen LogP contribution is -2.34. The fourth-order valence-corrected chi connectivity index (χ4v) is 4.00. The Bertz CT molecular complexity index is 978. The Morgan fingerprint density at radius 1 is 0.971 bits per heavy atom. The Morgan fingerprint density at radius 2 is 1.46 bits per heavy atom. The van der Waals surface area contributed by atoms with Crippen LogP contribution < -0.4 is 4.57 Å². The smallest absolute Gasteiger partial charge is 0.461 e. The van der Waals surface area contributed by atoms with Crippen molar-refractivity contribution in [2.45, 2.75) is 59.1 Å². The van der Waals surface area contributed by atoms with Gasteiger partial charge in [-0.15, -0.1) is 0 Å². The van der Waals surface area contributed by atoms with Crippen LogP contribution in [0.3, 0.4) is 0 Å². The molecule has 35 heavy (non-hydrogen) atoms. The Kier molecular flexibility index (Phi) is 13.5. The van der Waals surface area contributed by atoms with Gasteiger partial charge in [0, 0.05) is 19.1 Å². The van der Waals surface area contributed by atoms with Gasteiger partial charge in [-0.05, 0) is 11.8 Å². The van der Waals surface area contributed by atoms with Gasteiger partial charge in [-0.25, -0.2) is 26.0 Å². The van der Waals surface area contributed by atoms with Crippen molar-refractivity contribution in [3.05, 3.63) is 22.8 Å². The molecule has 1 aromatic heterocycles. The largest absolute Gasteiger partial charge is 0.480 e. The van der Waals surface area contributed by atoms with Gasteiger partial charge >= 0.3 is 17.4 Å². The van der Waals surface area contributed by atoms with E-state index in [-0.39, 0.29) is 18.2 Å². The summed E-state index contributed by atoms with van der Waals surface area (Å²) in [5, 5.41) is 0. The molecule has 0 spiro atoms. The second kappa shape index (κ2) is 14.4. The first-order valence-electron chi connectivity index (χ1n) is 10.4. The van der Waals surface area contributed by atoms with E-state index in [1.807, 2.05) is 55.6 Å². The van der Waals surface area contributed by atoms with Crippen molar-refractivity contribution in [3.63, 3.8) is 0 Å².